The molecule has 1 aromatic carbocycles. The number of rotatable bonds is 7. The molecule has 1 amide bonds. The molecule has 0 aliphatic heterocycles. The maximum atomic E-state index is 12.2. The van der Waals surface area contributed by atoms with Crippen LogP contribution in [0.2, 0.25) is 0 Å². The third-order valence-electron chi connectivity index (χ3n) is 3.26. The fourth-order valence-corrected chi connectivity index (χ4v) is 2.18. The van der Waals surface area contributed by atoms with Gasteiger partial charge in [-0.25, -0.2) is 0 Å². The molecular formula is C16H20N2O2. The number of benzene rings is 1. The van der Waals surface area contributed by atoms with E-state index in [2.05, 4.69) is 10.3 Å². The summed E-state index contributed by atoms with van der Waals surface area (Å²) < 4.78 is 0. The molecule has 4 nitrogen and oxygen atoms in total. The molecule has 0 fully saturated rings. The summed E-state index contributed by atoms with van der Waals surface area (Å²) in [5, 5.41) is 12.5. The third kappa shape index (κ3) is 3.78. The first-order valence-electron chi connectivity index (χ1n) is 7.06. The number of amides is 1. The minimum absolute atomic E-state index is 0.0502. The van der Waals surface area contributed by atoms with Crippen molar-refractivity contribution < 1.29 is 9.90 Å². The molecule has 0 aliphatic rings. The number of unbranched alkanes of at least 4 members (excludes halogenated alkanes) is 3. The highest BCUT2D eigenvalue weighted by Crippen LogP contribution is 2.15. The molecule has 2 rings (SSSR count). The van der Waals surface area contributed by atoms with E-state index in [4.69, 9.17) is 5.11 Å². The predicted octanol–water partition coefficient (Wildman–Crippen LogP) is 2.52. The zero-order valence-corrected chi connectivity index (χ0v) is 11.5. The van der Waals surface area contributed by atoms with Gasteiger partial charge >= 0.3 is 0 Å². The van der Waals surface area contributed by atoms with Crippen molar-refractivity contribution in [3.05, 3.63) is 42.1 Å². The van der Waals surface area contributed by atoms with Crippen molar-refractivity contribution in [1.29, 1.82) is 0 Å². The van der Waals surface area contributed by atoms with Crippen molar-refractivity contribution in [3.8, 4) is 0 Å². The number of aromatic nitrogens is 1. The molecule has 0 spiro atoms. The highest BCUT2D eigenvalue weighted by molar-refractivity contribution is 6.05. The molecule has 2 N–H and O–H groups in total. The van der Waals surface area contributed by atoms with E-state index in [1.807, 2.05) is 24.3 Å². The summed E-state index contributed by atoms with van der Waals surface area (Å²) in [6, 6.07) is 9.40. The number of aliphatic hydroxyl groups excluding tert-OH is 1. The minimum atomic E-state index is -0.0502. The van der Waals surface area contributed by atoms with Gasteiger partial charge in [-0.05, 0) is 25.0 Å². The van der Waals surface area contributed by atoms with Crippen molar-refractivity contribution in [2.45, 2.75) is 25.7 Å². The Hall–Kier alpha value is -1.94. The second-order valence-corrected chi connectivity index (χ2v) is 4.77. The summed E-state index contributed by atoms with van der Waals surface area (Å²) in [4.78, 5) is 16.4. The van der Waals surface area contributed by atoms with Crippen LogP contribution in [0.25, 0.3) is 10.9 Å². The Morgan fingerprint density at radius 2 is 1.90 bits per heavy atom. The maximum Gasteiger partial charge on any atom is 0.252 e. The number of carbonyl (C=O) groups is 1. The number of hydrogen-bond acceptors (Lipinski definition) is 3. The van der Waals surface area contributed by atoms with E-state index in [9.17, 15) is 4.79 Å². The first kappa shape index (κ1) is 14.5. The Morgan fingerprint density at radius 3 is 2.75 bits per heavy atom. The number of para-hydroxylation sites is 1. The molecule has 0 radical (unpaired) electrons. The van der Waals surface area contributed by atoms with Crippen molar-refractivity contribution in [3.63, 3.8) is 0 Å². The fourth-order valence-electron chi connectivity index (χ4n) is 2.18. The van der Waals surface area contributed by atoms with Crippen LogP contribution in [-0.4, -0.2) is 29.1 Å². The van der Waals surface area contributed by atoms with Gasteiger partial charge < -0.3 is 10.4 Å². The fraction of sp³-hybridized carbons (Fsp3) is 0.375. The molecule has 20 heavy (non-hydrogen) atoms. The Kier molecular flexibility index (Phi) is 5.50. The van der Waals surface area contributed by atoms with Gasteiger partial charge in [-0.3, -0.25) is 9.78 Å². The van der Waals surface area contributed by atoms with E-state index in [1.165, 1.54) is 0 Å². The highest BCUT2D eigenvalue weighted by Gasteiger charge is 2.09. The molecule has 1 aromatic heterocycles. The normalized spacial score (nSPS) is 10.7. The van der Waals surface area contributed by atoms with Crippen LogP contribution in [0.3, 0.4) is 0 Å². The van der Waals surface area contributed by atoms with E-state index in [1.54, 1.807) is 12.3 Å². The lowest BCUT2D eigenvalue weighted by atomic mass is 10.1. The van der Waals surface area contributed by atoms with Crippen molar-refractivity contribution in [1.82, 2.24) is 10.3 Å². The molecule has 1 heterocycles. The first-order chi connectivity index (χ1) is 9.83. The van der Waals surface area contributed by atoms with Gasteiger partial charge in [-0.1, -0.05) is 31.0 Å². The lowest BCUT2D eigenvalue weighted by molar-refractivity contribution is 0.0954. The molecule has 0 atom stereocenters. The SMILES string of the molecule is O=C(NCCCCCCO)c1ccnc2ccccc12. The summed E-state index contributed by atoms with van der Waals surface area (Å²) in [6.07, 6.45) is 5.47. The van der Waals surface area contributed by atoms with E-state index in [-0.39, 0.29) is 12.5 Å². The lowest BCUT2D eigenvalue weighted by Crippen LogP contribution is -2.24. The summed E-state index contributed by atoms with van der Waals surface area (Å²) in [5.74, 6) is -0.0502. The monoisotopic (exact) mass is 272 g/mol. The molecule has 0 saturated carbocycles. The van der Waals surface area contributed by atoms with Crippen LogP contribution in [-0.2, 0) is 0 Å². The Balaban J connectivity index is 1.91. The number of nitrogens with one attached hydrogen (secondary N) is 1. The van der Waals surface area contributed by atoms with E-state index < -0.39 is 0 Å². The average molecular weight is 272 g/mol. The molecule has 0 bridgehead atoms. The first-order valence-corrected chi connectivity index (χ1v) is 7.06. The average Bonchev–Trinajstić information content (AvgIpc) is 2.50. The van der Waals surface area contributed by atoms with E-state index in [0.717, 1.165) is 36.6 Å². The van der Waals surface area contributed by atoms with E-state index in [0.29, 0.717) is 12.1 Å². The number of hydrogen-bond donors (Lipinski definition) is 2. The van der Waals surface area contributed by atoms with Gasteiger partial charge in [0.15, 0.2) is 0 Å². The molecule has 0 saturated heterocycles. The van der Waals surface area contributed by atoms with Crippen LogP contribution >= 0.6 is 0 Å². The molecule has 0 unspecified atom stereocenters. The lowest BCUT2D eigenvalue weighted by Gasteiger charge is -2.07. The summed E-state index contributed by atoms with van der Waals surface area (Å²) in [6.45, 7) is 0.913. The zero-order chi connectivity index (χ0) is 14.2. The molecule has 0 aliphatic carbocycles. The van der Waals surface area contributed by atoms with Gasteiger partial charge in [0.25, 0.3) is 5.91 Å². The topological polar surface area (TPSA) is 62.2 Å². The van der Waals surface area contributed by atoms with Crippen molar-refractivity contribution in [2.24, 2.45) is 0 Å². The summed E-state index contributed by atoms with van der Waals surface area (Å²) in [7, 11) is 0. The quantitative estimate of drug-likeness (QED) is 0.761. The second kappa shape index (κ2) is 7.60. The molecular weight excluding hydrogens is 252 g/mol. The number of fused-ring (bicyclic) bond motifs is 1. The minimum Gasteiger partial charge on any atom is -0.396 e. The molecule has 106 valence electrons. The number of pyridine rings is 1. The summed E-state index contributed by atoms with van der Waals surface area (Å²) >= 11 is 0. The number of carbonyl (C=O) groups excluding carboxylic acids is 1. The zero-order valence-electron chi connectivity index (χ0n) is 11.5. The standard InChI is InChI=1S/C16H20N2O2/c19-12-6-2-1-5-10-18-16(20)14-9-11-17-15-8-4-3-7-13(14)15/h3-4,7-9,11,19H,1-2,5-6,10,12H2,(H,18,20). The van der Waals surface area contributed by atoms with Gasteiger partial charge in [-0.15, -0.1) is 0 Å². The predicted molar refractivity (Wildman–Crippen MR) is 79.6 cm³/mol. The second-order valence-electron chi connectivity index (χ2n) is 4.77. The smallest absolute Gasteiger partial charge is 0.252 e. The van der Waals surface area contributed by atoms with Crippen LogP contribution in [0.15, 0.2) is 36.5 Å². The molecule has 4 heteroatoms. The van der Waals surface area contributed by atoms with Crippen molar-refractivity contribution in [2.75, 3.05) is 13.2 Å². The third-order valence-corrected chi connectivity index (χ3v) is 3.26. The highest BCUT2D eigenvalue weighted by atomic mass is 16.2. The Morgan fingerprint density at radius 1 is 1.10 bits per heavy atom. The van der Waals surface area contributed by atoms with Gasteiger partial charge in [-0.2, -0.15) is 0 Å². The number of nitrogens with zero attached hydrogens (tertiary/aromatic N) is 1. The van der Waals surface area contributed by atoms with Crippen LogP contribution in [0.5, 0.6) is 0 Å². The van der Waals surface area contributed by atoms with Gasteiger partial charge in [0.1, 0.15) is 0 Å². The Bertz CT molecular complexity index is 564. The maximum absolute atomic E-state index is 12.2. The van der Waals surface area contributed by atoms with Gasteiger partial charge in [0.2, 0.25) is 0 Å². The number of aliphatic hydroxyl groups is 1. The van der Waals surface area contributed by atoms with Gasteiger partial charge in [0, 0.05) is 24.7 Å². The summed E-state index contributed by atoms with van der Waals surface area (Å²) in [5.41, 5.74) is 1.51. The van der Waals surface area contributed by atoms with Crippen LogP contribution in [0.1, 0.15) is 36.0 Å². The van der Waals surface area contributed by atoms with Crippen LogP contribution < -0.4 is 5.32 Å². The van der Waals surface area contributed by atoms with E-state index >= 15 is 0 Å². The molecule has 2 aromatic rings. The van der Waals surface area contributed by atoms with Crippen LogP contribution in [0.4, 0.5) is 0 Å². The van der Waals surface area contributed by atoms with Gasteiger partial charge in [0.05, 0.1) is 11.1 Å². The van der Waals surface area contributed by atoms with Crippen molar-refractivity contribution >= 4 is 16.8 Å². The Labute approximate surface area is 118 Å². The largest absolute Gasteiger partial charge is 0.396 e. The van der Waals surface area contributed by atoms with Crippen LogP contribution in [0, 0.1) is 0 Å².